The molecule has 0 amide bonds. The standard InChI is InChI=1S/C27H15N3S/c28-16-20-14-19(12-13-29-20)24-7-3-6-23(30-24)18-9-10-25-22(15-18)27-21-5-2-1-4-17(21)8-11-26(27)31-25/h1-15H. The monoisotopic (exact) mass is 413 g/mol. The largest absolute Gasteiger partial charge is 0.248 e. The van der Waals surface area contributed by atoms with Crippen molar-refractivity contribution in [2.45, 2.75) is 0 Å². The summed E-state index contributed by atoms with van der Waals surface area (Å²) in [4.78, 5) is 8.95. The van der Waals surface area contributed by atoms with Crippen LogP contribution >= 0.6 is 11.3 Å². The molecule has 0 saturated heterocycles. The zero-order valence-electron chi connectivity index (χ0n) is 16.4. The SMILES string of the molecule is N#Cc1cc(-c2cccc(-c3ccc4sc5ccc6ccccc6c5c4c3)n2)ccn1. The second-order valence-corrected chi connectivity index (χ2v) is 8.51. The number of hydrogen-bond donors (Lipinski definition) is 0. The highest BCUT2D eigenvalue weighted by molar-refractivity contribution is 7.26. The summed E-state index contributed by atoms with van der Waals surface area (Å²) in [6, 6.07) is 31.3. The molecule has 0 spiro atoms. The molecular weight excluding hydrogens is 398 g/mol. The first-order chi connectivity index (χ1) is 15.3. The van der Waals surface area contributed by atoms with Crippen molar-refractivity contribution in [3.63, 3.8) is 0 Å². The van der Waals surface area contributed by atoms with E-state index in [9.17, 15) is 0 Å². The van der Waals surface area contributed by atoms with Crippen LogP contribution in [0.3, 0.4) is 0 Å². The van der Waals surface area contributed by atoms with Crippen molar-refractivity contribution in [1.82, 2.24) is 9.97 Å². The van der Waals surface area contributed by atoms with Crippen LogP contribution in [-0.2, 0) is 0 Å². The van der Waals surface area contributed by atoms with Gasteiger partial charge >= 0.3 is 0 Å². The maximum atomic E-state index is 9.15. The van der Waals surface area contributed by atoms with E-state index in [2.05, 4.69) is 65.7 Å². The van der Waals surface area contributed by atoms with Crippen LogP contribution in [0, 0.1) is 11.3 Å². The van der Waals surface area contributed by atoms with E-state index >= 15 is 0 Å². The molecule has 0 N–H and O–H groups in total. The van der Waals surface area contributed by atoms with Gasteiger partial charge in [0.2, 0.25) is 0 Å². The summed E-state index contributed by atoms with van der Waals surface area (Å²) in [6.07, 6.45) is 1.65. The first kappa shape index (κ1) is 17.8. The molecule has 0 atom stereocenters. The Morgan fingerprint density at radius 1 is 0.710 bits per heavy atom. The van der Waals surface area contributed by atoms with Gasteiger partial charge in [0.25, 0.3) is 0 Å². The molecule has 6 rings (SSSR count). The Bertz CT molecular complexity index is 1660. The molecule has 3 heterocycles. The van der Waals surface area contributed by atoms with Gasteiger partial charge in [0.05, 0.1) is 11.4 Å². The first-order valence-electron chi connectivity index (χ1n) is 9.98. The zero-order chi connectivity index (χ0) is 20.8. The minimum Gasteiger partial charge on any atom is -0.248 e. The number of fused-ring (bicyclic) bond motifs is 5. The molecule has 0 aliphatic heterocycles. The number of benzene rings is 3. The number of nitriles is 1. The lowest BCUT2D eigenvalue weighted by molar-refractivity contribution is 1.25. The van der Waals surface area contributed by atoms with Crippen LogP contribution in [0.5, 0.6) is 0 Å². The molecule has 0 unspecified atom stereocenters. The van der Waals surface area contributed by atoms with Gasteiger partial charge in [-0.25, -0.2) is 9.97 Å². The molecule has 3 aromatic carbocycles. The Morgan fingerprint density at radius 3 is 2.39 bits per heavy atom. The van der Waals surface area contributed by atoms with Gasteiger partial charge in [-0.3, -0.25) is 0 Å². The highest BCUT2D eigenvalue weighted by Gasteiger charge is 2.11. The Balaban J connectivity index is 1.54. The van der Waals surface area contributed by atoms with Crippen LogP contribution in [-0.4, -0.2) is 9.97 Å². The Labute approximate surface area is 182 Å². The van der Waals surface area contributed by atoms with Crippen LogP contribution in [0.2, 0.25) is 0 Å². The smallest absolute Gasteiger partial charge is 0.141 e. The lowest BCUT2D eigenvalue weighted by Gasteiger charge is -2.06. The van der Waals surface area contributed by atoms with E-state index in [4.69, 9.17) is 10.2 Å². The third-order valence-corrected chi connectivity index (χ3v) is 6.71. The fraction of sp³-hybridized carbons (Fsp3) is 0. The molecule has 0 radical (unpaired) electrons. The summed E-state index contributed by atoms with van der Waals surface area (Å²) in [5.41, 5.74) is 4.10. The van der Waals surface area contributed by atoms with Crippen LogP contribution in [0.1, 0.15) is 5.69 Å². The quantitative estimate of drug-likeness (QED) is 0.301. The minimum absolute atomic E-state index is 0.391. The lowest BCUT2D eigenvalue weighted by atomic mass is 10.0. The van der Waals surface area contributed by atoms with Gasteiger partial charge in [-0.1, -0.05) is 42.5 Å². The maximum absolute atomic E-state index is 9.15. The van der Waals surface area contributed by atoms with Gasteiger partial charge in [-0.05, 0) is 53.2 Å². The van der Waals surface area contributed by atoms with E-state index in [1.807, 2.05) is 35.6 Å². The van der Waals surface area contributed by atoms with Crippen molar-refractivity contribution in [3.8, 4) is 28.6 Å². The van der Waals surface area contributed by atoms with E-state index in [1.165, 1.54) is 30.9 Å². The van der Waals surface area contributed by atoms with E-state index in [0.29, 0.717) is 5.69 Å². The first-order valence-corrected chi connectivity index (χ1v) is 10.8. The fourth-order valence-electron chi connectivity index (χ4n) is 4.11. The molecule has 6 aromatic rings. The molecule has 0 bridgehead atoms. The number of thiophene rings is 1. The zero-order valence-corrected chi connectivity index (χ0v) is 17.2. The molecule has 3 nitrogen and oxygen atoms in total. The van der Waals surface area contributed by atoms with Crippen LogP contribution in [0.4, 0.5) is 0 Å². The summed E-state index contributed by atoms with van der Waals surface area (Å²) in [6.45, 7) is 0. The summed E-state index contributed by atoms with van der Waals surface area (Å²) in [5, 5.41) is 14.3. The summed E-state index contributed by atoms with van der Waals surface area (Å²) in [7, 11) is 0. The maximum Gasteiger partial charge on any atom is 0.141 e. The third-order valence-electron chi connectivity index (χ3n) is 5.57. The Kier molecular flexibility index (Phi) is 4.02. The number of nitrogens with zero attached hydrogens (tertiary/aromatic N) is 3. The van der Waals surface area contributed by atoms with Gasteiger partial charge in [0.1, 0.15) is 11.8 Å². The second-order valence-electron chi connectivity index (χ2n) is 7.42. The second kappa shape index (κ2) is 7.02. The van der Waals surface area contributed by atoms with Gasteiger partial charge in [0.15, 0.2) is 0 Å². The van der Waals surface area contributed by atoms with Crippen LogP contribution < -0.4 is 0 Å². The van der Waals surface area contributed by atoms with E-state index in [-0.39, 0.29) is 0 Å². The summed E-state index contributed by atoms with van der Waals surface area (Å²) < 4.78 is 2.58. The fourth-order valence-corrected chi connectivity index (χ4v) is 5.22. The highest BCUT2D eigenvalue weighted by Crippen LogP contribution is 2.40. The molecule has 31 heavy (non-hydrogen) atoms. The van der Waals surface area contributed by atoms with Crippen molar-refractivity contribution >= 4 is 42.3 Å². The normalized spacial score (nSPS) is 11.2. The van der Waals surface area contributed by atoms with Crippen molar-refractivity contribution in [3.05, 3.63) is 96.8 Å². The molecule has 0 aliphatic carbocycles. The predicted molar refractivity (Wildman–Crippen MR) is 128 cm³/mol. The molecule has 0 fully saturated rings. The van der Waals surface area contributed by atoms with Crippen molar-refractivity contribution < 1.29 is 0 Å². The molecule has 144 valence electrons. The number of aromatic nitrogens is 2. The molecule has 0 saturated carbocycles. The summed E-state index contributed by atoms with van der Waals surface area (Å²) in [5.74, 6) is 0. The number of rotatable bonds is 2. The van der Waals surface area contributed by atoms with Crippen molar-refractivity contribution in [2.75, 3.05) is 0 Å². The molecule has 4 heteroatoms. The molecule has 0 aliphatic rings. The van der Waals surface area contributed by atoms with Gasteiger partial charge < -0.3 is 0 Å². The average Bonchev–Trinajstić information content (AvgIpc) is 3.22. The van der Waals surface area contributed by atoms with Crippen molar-refractivity contribution in [1.29, 1.82) is 5.26 Å². The minimum atomic E-state index is 0.391. The number of hydrogen-bond acceptors (Lipinski definition) is 4. The molecular formula is C27H15N3S. The predicted octanol–water partition coefficient (Wildman–Crippen LogP) is 7.20. The van der Waals surface area contributed by atoms with Gasteiger partial charge in [-0.15, -0.1) is 11.3 Å². The van der Waals surface area contributed by atoms with Gasteiger partial charge in [0, 0.05) is 37.5 Å². The van der Waals surface area contributed by atoms with Crippen LogP contribution in [0.15, 0.2) is 91.1 Å². The van der Waals surface area contributed by atoms with Crippen LogP contribution in [0.25, 0.3) is 53.5 Å². The summed E-state index contributed by atoms with van der Waals surface area (Å²) >= 11 is 1.83. The van der Waals surface area contributed by atoms with Gasteiger partial charge in [-0.2, -0.15) is 5.26 Å². The molecule has 3 aromatic heterocycles. The Morgan fingerprint density at radius 2 is 1.52 bits per heavy atom. The van der Waals surface area contributed by atoms with E-state index < -0.39 is 0 Å². The lowest BCUT2D eigenvalue weighted by Crippen LogP contribution is -1.89. The average molecular weight is 414 g/mol. The topological polar surface area (TPSA) is 49.6 Å². The van der Waals surface area contributed by atoms with E-state index in [0.717, 1.165) is 22.5 Å². The number of pyridine rings is 2. The third kappa shape index (κ3) is 2.95. The van der Waals surface area contributed by atoms with Crippen molar-refractivity contribution in [2.24, 2.45) is 0 Å². The Hall–Kier alpha value is -4.07. The highest BCUT2D eigenvalue weighted by atomic mass is 32.1. The van der Waals surface area contributed by atoms with E-state index in [1.54, 1.807) is 12.3 Å².